The Hall–Kier alpha value is -1.07. The lowest BCUT2D eigenvalue weighted by molar-refractivity contribution is 0.0480. The second kappa shape index (κ2) is 6.34. The van der Waals surface area contributed by atoms with Crippen LogP contribution in [0.3, 0.4) is 0 Å². The van der Waals surface area contributed by atoms with E-state index in [0.29, 0.717) is 5.56 Å². The smallest absolute Gasteiger partial charge is 0.217 e. The van der Waals surface area contributed by atoms with E-state index < -0.39 is 38.0 Å². The molecule has 0 unspecified atom stereocenters. The summed E-state index contributed by atoms with van der Waals surface area (Å²) in [5, 5.41) is 0. The maximum atomic E-state index is 13.4. The van der Waals surface area contributed by atoms with Crippen molar-refractivity contribution in [3.8, 4) is 0 Å². The molecule has 0 N–H and O–H groups in total. The molecule has 24 heavy (non-hydrogen) atoms. The van der Waals surface area contributed by atoms with Crippen LogP contribution in [0.4, 0.5) is 4.39 Å². The molecule has 3 rings (SSSR count). The Kier molecular flexibility index (Phi) is 4.69. The van der Waals surface area contributed by atoms with Gasteiger partial charge in [0.25, 0.3) is 0 Å². The minimum atomic E-state index is -3.63. The summed E-state index contributed by atoms with van der Waals surface area (Å²) in [4.78, 5) is 0. The van der Waals surface area contributed by atoms with E-state index in [-0.39, 0.29) is 32.0 Å². The fourth-order valence-corrected chi connectivity index (χ4v) is 5.44. The SMILES string of the molecule is CS(=O)(=O)N1C[C@@H]2OCCS(=O)(=O)N(Cc3cccc(F)c3)[C@@H]2C1. The van der Waals surface area contributed by atoms with Crippen LogP contribution in [0.15, 0.2) is 24.3 Å². The summed E-state index contributed by atoms with van der Waals surface area (Å²) < 4.78 is 70.2. The number of halogens is 1. The van der Waals surface area contributed by atoms with Crippen molar-refractivity contribution in [2.75, 3.05) is 31.7 Å². The number of hydrogen-bond acceptors (Lipinski definition) is 5. The van der Waals surface area contributed by atoms with E-state index in [1.807, 2.05) is 0 Å². The molecule has 2 fully saturated rings. The summed E-state index contributed by atoms with van der Waals surface area (Å²) in [7, 11) is -7.07. The van der Waals surface area contributed by atoms with Gasteiger partial charge in [-0.15, -0.1) is 0 Å². The normalized spacial score (nSPS) is 28.4. The van der Waals surface area contributed by atoms with E-state index in [1.54, 1.807) is 6.07 Å². The molecule has 0 spiro atoms. The van der Waals surface area contributed by atoms with Gasteiger partial charge in [0.05, 0.1) is 30.8 Å². The standard InChI is InChI=1S/C14H19FN2O5S2/c1-23(18,19)16-9-13-14(10-16)22-5-6-24(20,21)17(13)8-11-3-2-4-12(15)7-11/h2-4,7,13-14H,5-6,8-10H2,1H3/t13-,14+/m1/s1. The Balaban J connectivity index is 1.93. The van der Waals surface area contributed by atoms with Gasteiger partial charge in [-0.1, -0.05) is 12.1 Å². The van der Waals surface area contributed by atoms with Gasteiger partial charge in [-0.05, 0) is 17.7 Å². The van der Waals surface area contributed by atoms with Gasteiger partial charge in [-0.2, -0.15) is 8.61 Å². The van der Waals surface area contributed by atoms with Gasteiger partial charge in [0.15, 0.2) is 0 Å². The molecule has 0 amide bonds. The van der Waals surface area contributed by atoms with Gasteiger partial charge in [0, 0.05) is 19.6 Å². The zero-order valence-electron chi connectivity index (χ0n) is 13.1. The molecular formula is C14H19FN2O5S2. The Morgan fingerprint density at radius 2 is 2.08 bits per heavy atom. The molecule has 2 atom stereocenters. The Morgan fingerprint density at radius 3 is 2.75 bits per heavy atom. The second-order valence-corrected chi connectivity index (χ2v) is 10.1. The van der Waals surface area contributed by atoms with E-state index >= 15 is 0 Å². The van der Waals surface area contributed by atoms with Crippen LogP contribution in [0.5, 0.6) is 0 Å². The number of sulfonamides is 2. The molecule has 2 aliphatic heterocycles. The van der Waals surface area contributed by atoms with Gasteiger partial charge in [0.1, 0.15) is 5.82 Å². The maximum absolute atomic E-state index is 13.4. The number of fused-ring (bicyclic) bond motifs is 1. The first-order chi connectivity index (χ1) is 11.2. The summed E-state index contributed by atoms with van der Waals surface area (Å²) in [6, 6.07) is 5.10. The molecule has 0 aliphatic carbocycles. The molecule has 2 heterocycles. The summed E-state index contributed by atoms with van der Waals surface area (Å²) in [5.74, 6) is -0.620. The topological polar surface area (TPSA) is 84.0 Å². The van der Waals surface area contributed by atoms with Gasteiger partial charge in [0.2, 0.25) is 20.0 Å². The first-order valence-corrected chi connectivity index (χ1v) is 10.9. The van der Waals surface area contributed by atoms with Crippen LogP contribution in [0.25, 0.3) is 0 Å². The van der Waals surface area contributed by atoms with Crippen molar-refractivity contribution < 1.29 is 26.0 Å². The lowest BCUT2D eigenvalue weighted by atomic mass is 10.1. The summed E-state index contributed by atoms with van der Waals surface area (Å²) in [6.07, 6.45) is 0.564. The molecule has 7 nitrogen and oxygen atoms in total. The predicted octanol–water partition coefficient (Wildman–Crippen LogP) is 0.000100. The third-order valence-electron chi connectivity index (χ3n) is 4.30. The molecule has 2 aliphatic rings. The van der Waals surface area contributed by atoms with Gasteiger partial charge >= 0.3 is 0 Å². The largest absolute Gasteiger partial charge is 0.374 e. The summed E-state index contributed by atoms with van der Waals surface area (Å²) >= 11 is 0. The molecule has 1 aromatic rings. The van der Waals surface area contributed by atoms with Crippen LogP contribution in [0.2, 0.25) is 0 Å². The number of nitrogens with zero attached hydrogens (tertiary/aromatic N) is 2. The zero-order chi connectivity index (χ0) is 17.5. The summed E-state index contributed by atoms with van der Waals surface area (Å²) in [5.41, 5.74) is 0.511. The molecule has 1 aromatic carbocycles. The van der Waals surface area contributed by atoms with Crippen molar-refractivity contribution in [1.82, 2.24) is 8.61 Å². The van der Waals surface area contributed by atoms with E-state index in [1.165, 1.54) is 26.8 Å². The molecule has 2 saturated heterocycles. The monoisotopic (exact) mass is 378 g/mol. The molecule has 134 valence electrons. The van der Waals surface area contributed by atoms with Crippen LogP contribution in [-0.2, 0) is 31.3 Å². The second-order valence-electron chi connectivity index (χ2n) is 6.05. The minimum absolute atomic E-state index is 0.0117. The number of benzene rings is 1. The first kappa shape index (κ1) is 17.7. The van der Waals surface area contributed by atoms with Crippen molar-refractivity contribution in [2.45, 2.75) is 18.7 Å². The van der Waals surface area contributed by atoms with Crippen molar-refractivity contribution in [3.63, 3.8) is 0 Å². The van der Waals surface area contributed by atoms with E-state index in [9.17, 15) is 21.2 Å². The zero-order valence-corrected chi connectivity index (χ0v) is 14.8. The molecule has 0 saturated carbocycles. The average Bonchev–Trinajstić information content (AvgIpc) is 2.84. The lowest BCUT2D eigenvalue weighted by Gasteiger charge is -2.28. The van der Waals surface area contributed by atoms with Gasteiger partial charge < -0.3 is 4.74 Å². The molecular weight excluding hydrogens is 359 g/mol. The van der Waals surface area contributed by atoms with Crippen molar-refractivity contribution in [1.29, 1.82) is 0 Å². The highest BCUT2D eigenvalue weighted by Crippen LogP contribution is 2.28. The van der Waals surface area contributed by atoms with E-state index in [2.05, 4.69) is 0 Å². The highest BCUT2D eigenvalue weighted by Gasteiger charge is 2.46. The Morgan fingerprint density at radius 1 is 1.33 bits per heavy atom. The van der Waals surface area contributed by atoms with Crippen LogP contribution >= 0.6 is 0 Å². The Labute approximate surface area is 141 Å². The van der Waals surface area contributed by atoms with Gasteiger partial charge in [-0.3, -0.25) is 0 Å². The van der Waals surface area contributed by atoms with Crippen LogP contribution in [-0.4, -0.2) is 69.3 Å². The highest BCUT2D eigenvalue weighted by atomic mass is 32.2. The maximum Gasteiger partial charge on any atom is 0.217 e. The van der Waals surface area contributed by atoms with Crippen LogP contribution in [0.1, 0.15) is 5.56 Å². The quantitative estimate of drug-likeness (QED) is 0.739. The van der Waals surface area contributed by atoms with Crippen molar-refractivity contribution >= 4 is 20.0 Å². The van der Waals surface area contributed by atoms with Gasteiger partial charge in [-0.25, -0.2) is 21.2 Å². The van der Waals surface area contributed by atoms with E-state index in [0.717, 1.165) is 6.26 Å². The first-order valence-electron chi connectivity index (χ1n) is 7.47. The van der Waals surface area contributed by atoms with Crippen LogP contribution in [0, 0.1) is 5.82 Å². The number of rotatable bonds is 3. The highest BCUT2D eigenvalue weighted by molar-refractivity contribution is 7.89. The fraction of sp³-hybridized carbons (Fsp3) is 0.571. The number of ether oxygens (including phenoxy) is 1. The van der Waals surface area contributed by atoms with E-state index in [4.69, 9.17) is 4.74 Å². The predicted molar refractivity (Wildman–Crippen MR) is 85.7 cm³/mol. The lowest BCUT2D eigenvalue weighted by Crippen LogP contribution is -2.45. The van der Waals surface area contributed by atoms with Crippen molar-refractivity contribution in [2.24, 2.45) is 0 Å². The molecule has 0 bridgehead atoms. The third kappa shape index (κ3) is 3.62. The Bertz CT molecular complexity index is 827. The third-order valence-corrected chi connectivity index (χ3v) is 7.33. The summed E-state index contributed by atoms with van der Waals surface area (Å²) in [6.45, 7) is 0.166. The molecule has 0 aromatic heterocycles. The molecule has 0 radical (unpaired) electrons. The fourth-order valence-electron chi connectivity index (χ4n) is 3.09. The van der Waals surface area contributed by atoms with Crippen molar-refractivity contribution in [3.05, 3.63) is 35.6 Å². The molecule has 10 heteroatoms. The minimum Gasteiger partial charge on any atom is -0.374 e. The van der Waals surface area contributed by atoms with Crippen LogP contribution < -0.4 is 0 Å². The number of hydrogen-bond donors (Lipinski definition) is 0. The average molecular weight is 378 g/mol.